The second kappa shape index (κ2) is 9.30. The van der Waals surface area contributed by atoms with Gasteiger partial charge in [0.1, 0.15) is 0 Å². The van der Waals surface area contributed by atoms with E-state index in [2.05, 4.69) is 57.3 Å². The summed E-state index contributed by atoms with van der Waals surface area (Å²) in [6.07, 6.45) is 10.6. The maximum atomic E-state index is 12.6. The van der Waals surface area contributed by atoms with Gasteiger partial charge in [-0.25, -0.2) is 0 Å². The summed E-state index contributed by atoms with van der Waals surface area (Å²) in [5, 5.41) is 4.13. The second-order valence-electron chi connectivity index (χ2n) is 9.37. The van der Waals surface area contributed by atoms with Crippen molar-refractivity contribution in [1.29, 1.82) is 0 Å². The summed E-state index contributed by atoms with van der Waals surface area (Å²) in [4.78, 5) is 13.8. The number of para-hydroxylation sites is 1. The van der Waals surface area contributed by atoms with Crippen molar-refractivity contribution in [3.05, 3.63) is 93.9 Å². The number of benzene rings is 2. The Labute approximate surface area is 195 Å². The van der Waals surface area contributed by atoms with Crippen LogP contribution in [0, 0.1) is 5.41 Å². The third kappa shape index (κ3) is 5.11. The molecule has 3 aromatic rings. The summed E-state index contributed by atoms with van der Waals surface area (Å²) < 4.78 is 1.13. The predicted octanol–water partition coefficient (Wildman–Crippen LogP) is 8.64. The van der Waals surface area contributed by atoms with Crippen molar-refractivity contribution in [2.24, 2.45) is 5.41 Å². The molecule has 0 radical (unpaired) electrons. The molecule has 0 saturated carbocycles. The number of allylic oxidation sites excluding steroid dienone is 5. The third-order valence-electron chi connectivity index (χ3n) is 6.26. The van der Waals surface area contributed by atoms with Gasteiger partial charge in [-0.05, 0) is 91.5 Å². The maximum Gasteiger partial charge on any atom is 0.255 e. The summed E-state index contributed by atoms with van der Waals surface area (Å²) in [5.74, 6) is -0.0820. The fourth-order valence-corrected chi connectivity index (χ4v) is 5.60. The molecule has 1 aliphatic carbocycles. The first-order chi connectivity index (χ1) is 15.3. The van der Waals surface area contributed by atoms with E-state index >= 15 is 0 Å². The molecular formula is C29H31NOS. The fourth-order valence-electron chi connectivity index (χ4n) is 4.49. The van der Waals surface area contributed by atoms with Crippen LogP contribution in [0.4, 0.5) is 5.69 Å². The van der Waals surface area contributed by atoms with Gasteiger partial charge in [-0.1, -0.05) is 55.8 Å². The fraction of sp³-hybridized carbons (Fsp3) is 0.276. The van der Waals surface area contributed by atoms with Gasteiger partial charge >= 0.3 is 0 Å². The van der Waals surface area contributed by atoms with E-state index in [0.717, 1.165) is 10.4 Å². The minimum atomic E-state index is -0.0820. The zero-order valence-corrected chi connectivity index (χ0v) is 20.2. The van der Waals surface area contributed by atoms with Crippen LogP contribution in [0.5, 0.6) is 0 Å². The van der Waals surface area contributed by atoms with E-state index < -0.39 is 0 Å². The third-order valence-corrected chi connectivity index (χ3v) is 7.30. The summed E-state index contributed by atoms with van der Waals surface area (Å²) in [7, 11) is 0. The Morgan fingerprint density at radius 1 is 1.09 bits per heavy atom. The first kappa shape index (κ1) is 22.3. The Morgan fingerprint density at radius 3 is 2.62 bits per heavy atom. The van der Waals surface area contributed by atoms with E-state index in [1.165, 1.54) is 46.2 Å². The van der Waals surface area contributed by atoms with Gasteiger partial charge in [0, 0.05) is 20.8 Å². The number of fused-ring (bicyclic) bond motifs is 1. The zero-order chi connectivity index (χ0) is 22.7. The van der Waals surface area contributed by atoms with Gasteiger partial charge in [-0.3, -0.25) is 4.79 Å². The lowest BCUT2D eigenvalue weighted by atomic mass is 9.72. The molecule has 0 unspecified atom stereocenters. The van der Waals surface area contributed by atoms with Crippen LogP contribution in [-0.4, -0.2) is 5.91 Å². The summed E-state index contributed by atoms with van der Waals surface area (Å²) in [6, 6.07) is 17.7. The Bertz CT molecular complexity index is 1220. The molecule has 1 N–H and O–H groups in total. The number of hydrogen-bond donors (Lipinski definition) is 1. The van der Waals surface area contributed by atoms with Crippen LogP contribution in [0.2, 0.25) is 0 Å². The van der Waals surface area contributed by atoms with Gasteiger partial charge in [0.05, 0.1) is 0 Å². The first-order valence-electron chi connectivity index (χ1n) is 11.3. The molecule has 32 heavy (non-hydrogen) atoms. The normalized spacial score (nSPS) is 16.7. The Balaban J connectivity index is 1.52. The lowest BCUT2D eigenvalue weighted by Crippen LogP contribution is -2.19. The molecule has 4 rings (SSSR count). The molecule has 1 heterocycles. The molecule has 1 aromatic heterocycles. The molecule has 3 heteroatoms. The predicted molar refractivity (Wildman–Crippen MR) is 139 cm³/mol. The highest BCUT2D eigenvalue weighted by Crippen LogP contribution is 2.41. The van der Waals surface area contributed by atoms with E-state index in [9.17, 15) is 4.79 Å². The molecule has 1 amide bonds. The van der Waals surface area contributed by atoms with Crippen LogP contribution in [0.15, 0.2) is 83.5 Å². The van der Waals surface area contributed by atoms with Gasteiger partial charge < -0.3 is 5.32 Å². The van der Waals surface area contributed by atoms with E-state index in [4.69, 9.17) is 0 Å². The number of hydrogen-bond acceptors (Lipinski definition) is 2. The van der Waals surface area contributed by atoms with Crippen molar-refractivity contribution in [2.45, 2.75) is 47.0 Å². The Hall–Kier alpha value is -2.91. The van der Waals surface area contributed by atoms with Crippen molar-refractivity contribution < 1.29 is 4.79 Å². The van der Waals surface area contributed by atoms with Gasteiger partial charge in [0.25, 0.3) is 5.91 Å². The first-order valence-corrected chi connectivity index (χ1v) is 12.1. The van der Waals surface area contributed by atoms with Crippen molar-refractivity contribution in [3.63, 3.8) is 0 Å². The van der Waals surface area contributed by atoms with Gasteiger partial charge in [0.15, 0.2) is 0 Å². The van der Waals surface area contributed by atoms with Gasteiger partial charge in [0.2, 0.25) is 0 Å². The number of rotatable bonds is 5. The lowest BCUT2D eigenvalue weighted by molar-refractivity contribution is 0.102. The number of amides is 1. The maximum absolute atomic E-state index is 12.6. The van der Waals surface area contributed by atoms with Crippen LogP contribution in [0.1, 0.15) is 62.2 Å². The largest absolute Gasteiger partial charge is 0.322 e. The summed E-state index contributed by atoms with van der Waals surface area (Å²) >= 11 is 1.72. The van der Waals surface area contributed by atoms with Crippen LogP contribution in [0.25, 0.3) is 16.2 Å². The SMILES string of the molecule is CC(C=CC1=C(C)CCCC1(C)C)=Cc1cc2ccc(C(=O)Nc3ccccc3)cc2s1. The quantitative estimate of drug-likeness (QED) is 0.394. The lowest BCUT2D eigenvalue weighted by Gasteiger charge is -2.32. The van der Waals surface area contributed by atoms with Crippen LogP contribution in [-0.2, 0) is 0 Å². The van der Waals surface area contributed by atoms with Crippen molar-refractivity contribution in [2.75, 3.05) is 5.32 Å². The van der Waals surface area contributed by atoms with Crippen LogP contribution in [0.3, 0.4) is 0 Å². The second-order valence-corrected chi connectivity index (χ2v) is 10.5. The minimum Gasteiger partial charge on any atom is -0.322 e. The highest BCUT2D eigenvalue weighted by Gasteiger charge is 2.26. The molecule has 0 atom stereocenters. The number of anilines is 1. The van der Waals surface area contributed by atoms with Crippen molar-refractivity contribution >= 4 is 39.1 Å². The van der Waals surface area contributed by atoms with Crippen molar-refractivity contribution in [3.8, 4) is 0 Å². The summed E-state index contributed by atoms with van der Waals surface area (Å²) in [5.41, 5.74) is 5.99. The zero-order valence-electron chi connectivity index (χ0n) is 19.4. The van der Waals surface area contributed by atoms with E-state index in [-0.39, 0.29) is 11.3 Å². The molecule has 0 spiro atoms. The Morgan fingerprint density at radius 2 is 1.88 bits per heavy atom. The summed E-state index contributed by atoms with van der Waals surface area (Å²) in [6.45, 7) is 9.14. The standard InChI is InChI=1S/C29H31NOS/c1-20(12-15-26-21(2)9-8-16-29(26,3)4)17-25-18-22-13-14-23(19-27(22)32-25)28(31)30-24-10-6-5-7-11-24/h5-7,10-15,17-19H,8-9,16H2,1-4H3,(H,30,31). The van der Waals surface area contributed by atoms with E-state index in [1.807, 2.05) is 48.5 Å². The molecule has 164 valence electrons. The number of nitrogens with one attached hydrogen (secondary N) is 1. The highest BCUT2D eigenvalue weighted by molar-refractivity contribution is 7.19. The molecule has 0 aliphatic heterocycles. The molecule has 1 aliphatic rings. The topological polar surface area (TPSA) is 29.1 Å². The molecule has 2 aromatic carbocycles. The number of carbonyl (C=O) groups is 1. The molecule has 0 fully saturated rings. The highest BCUT2D eigenvalue weighted by atomic mass is 32.1. The molecular weight excluding hydrogens is 410 g/mol. The average molecular weight is 442 g/mol. The smallest absolute Gasteiger partial charge is 0.255 e. The monoisotopic (exact) mass is 441 g/mol. The van der Waals surface area contributed by atoms with E-state index in [0.29, 0.717) is 5.56 Å². The van der Waals surface area contributed by atoms with Gasteiger partial charge in [-0.15, -0.1) is 11.3 Å². The molecule has 0 bridgehead atoms. The number of thiophene rings is 1. The number of carbonyl (C=O) groups excluding carboxylic acids is 1. The average Bonchev–Trinajstić information content (AvgIpc) is 3.15. The minimum absolute atomic E-state index is 0.0820. The Kier molecular flexibility index (Phi) is 6.48. The van der Waals surface area contributed by atoms with Crippen LogP contribution >= 0.6 is 11.3 Å². The molecule has 2 nitrogen and oxygen atoms in total. The van der Waals surface area contributed by atoms with E-state index in [1.54, 1.807) is 11.3 Å². The van der Waals surface area contributed by atoms with Crippen LogP contribution < -0.4 is 5.32 Å². The molecule has 0 saturated heterocycles. The van der Waals surface area contributed by atoms with Gasteiger partial charge in [-0.2, -0.15) is 0 Å². The van der Waals surface area contributed by atoms with Crippen molar-refractivity contribution in [1.82, 2.24) is 0 Å².